The lowest BCUT2D eigenvalue weighted by Gasteiger charge is -2.10. The number of hydrogen-bond donors (Lipinski definition) is 3. The predicted octanol–water partition coefficient (Wildman–Crippen LogP) is 0.838. The number of nitrogens with one attached hydrogen (secondary N) is 1. The van der Waals surface area contributed by atoms with Crippen LogP contribution in [0.25, 0.3) is 0 Å². The van der Waals surface area contributed by atoms with Crippen LogP contribution in [0.1, 0.15) is 12.0 Å². The van der Waals surface area contributed by atoms with Gasteiger partial charge in [-0.3, -0.25) is 9.59 Å². The van der Waals surface area contributed by atoms with Gasteiger partial charge in [0, 0.05) is 5.75 Å². The number of nitrogens with two attached hydrogens (primary N) is 1. The fraction of sp³-hybridized carbons (Fsp3) is 0.385. The fourth-order valence-electron chi connectivity index (χ4n) is 1.40. The molecular weight excluding hydrogens is 264 g/mol. The molecule has 1 aromatic rings. The van der Waals surface area contributed by atoms with E-state index < -0.39 is 17.9 Å². The molecular formula is C13H18N2O3S. The number of aliphatic carboxylic acids is 1. The smallest absolute Gasteiger partial charge is 0.322 e. The van der Waals surface area contributed by atoms with Crippen LogP contribution < -0.4 is 11.1 Å². The van der Waals surface area contributed by atoms with Gasteiger partial charge in [-0.2, -0.15) is 11.8 Å². The third kappa shape index (κ3) is 6.83. The third-order valence-corrected chi connectivity index (χ3v) is 3.50. The highest BCUT2D eigenvalue weighted by atomic mass is 32.2. The van der Waals surface area contributed by atoms with Gasteiger partial charge in [-0.15, -0.1) is 0 Å². The van der Waals surface area contributed by atoms with Crippen LogP contribution in [0.3, 0.4) is 0 Å². The van der Waals surface area contributed by atoms with Crippen molar-refractivity contribution in [1.82, 2.24) is 5.32 Å². The molecule has 1 amide bonds. The highest BCUT2D eigenvalue weighted by molar-refractivity contribution is 7.98. The highest BCUT2D eigenvalue weighted by Crippen LogP contribution is 2.13. The Bertz CT molecular complexity index is 412. The van der Waals surface area contributed by atoms with Crippen LogP contribution in [0.2, 0.25) is 0 Å². The molecule has 6 heteroatoms. The van der Waals surface area contributed by atoms with Gasteiger partial charge in [0.15, 0.2) is 0 Å². The van der Waals surface area contributed by atoms with Crippen molar-refractivity contribution in [2.75, 3.05) is 12.3 Å². The van der Waals surface area contributed by atoms with Gasteiger partial charge in [-0.25, -0.2) is 0 Å². The number of hydrogen-bond acceptors (Lipinski definition) is 4. The molecule has 0 unspecified atom stereocenters. The topological polar surface area (TPSA) is 92.4 Å². The van der Waals surface area contributed by atoms with Gasteiger partial charge in [-0.05, 0) is 17.7 Å². The van der Waals surface area contributed by atoms with Crippen LogP contribution in [-0.2, 0) is 15.3 Å². The van der Waals surface area contributed by atoms with Gasteiger partial charge in [0.2, 0.25) is 5.91 Å². The standard InChI is InChI=1S/C13H18N2O3S/c14-11(13(18)15-8-12(16)17)6-7-19-9-10-4-2-1-3-5-10/h1-5,11H,6-9,14H2,(H,15,18)(H,16,17)/t11-/m0/s1. The molecule has 4 N–H and O–H groups in total. The van der Waals surface area contributed by atoms with Crippen molar-refractivity contribution in [1.29, 1.82) is 0 Å². The molecule has 1 atom stereocenters. The summed E-state index contributed by atoms with van der Waals surface area (Å²) in [6, 6.07) is 9.39. The van der Waals surface area contributed by atoms with Crippen molar-refractivity contribution >= 4 is 23.6 Å². The molecule has 0 heterocycles. The second kappa shape index (κ2) is 8.55. The average Bonchev–Trinajstić information content (AvgIpc) is 2.41. The van der Waals surface area contributed by atoms with Crippen LogP contribution in [0.5, 0.6) is 0 Å². The monoisotopic (exact) mass is 282 g/mol. The molecule has 0 radical (unpaired) electrons. The number of carbonyl (C=O) groups is 2. The Morgan fingerprint density at radius 3 is 2.63 bits per heavy atom. The van der Waals surface area contributed by atoms with Gasteiger partial charge < -0.3 is 16.2 Å². The second-order valence-electron chi connectivity index (χ2n) is 4.04. The van der Waals surface area contributed by atoms with Crippen molar-refractivity contribution in [3.8, 4) is 0 Å². The summed E-state index contributed by atoms with van der Waals surface area (Å²) in [5.74, 6) is 0.155. The van der Waals surface area contributed by atoms with Gasteiger partial charge in [0.05, 0.1) is 6.04 Å². The zero-order chi connectivity index (χ0) is 14.1. The molecule has 5 nitrogen and oxygen atoms in total. The molecule has 1 aromatic carbocycles. The molecule has 0 saturated carbocycles. The summed E-state index contributed by atoms with van der Waals surface area (Å²) < 4.78 is 0. The largest absolute Gasteiger partial charge is 0.480 e. The lowest BCUT2D eigenvalue weighted by atomic mass is 10.2. The van der Waals surface area contributed by atoms with Crippen molar-refractivity contribution in [2.24, 2.45) is 5.73 Å². The van der Waals surface area contributed by atoms with Crippen molar-refractivity contribution < 1.29 is 14.7 Å². The summed E-state index contributed by atoms with van der Waals surface area (Å²) in [6.45, 7) is -0.385. The van der Waals surface area contributed by atoms with E-state index in [1.807, 2.05) is 30.3 Å². The molecule has 104 valence electrons. The van der Waals surface area contributed by atoms with Gasteiger partial charge >= 0.3 is 5.97 Å². The van der Waals surface area contributed by atoms with Crippen LogP contribution >= 0.6 is 11.8 Å². The van der Waals surface area contributed by atoms with E-state index in [0.29, 0.717) is 6.42 Å². The molecule has 0 aromatic heterocycles. The Hall–Kier alpha value is -1.53. The molecule has 0 aliphatic carbocycles. The van der Waals surface area contributed by atoms with E-state index in [0.717, 1.165) is 11.5 Å². The molecule has 0 fully saturated rings. The third-order valence-electron chi connectivity index (χ3n) is 2.44. The Morgan fingerprint density at radius 2 is 2.00 bits per heavy atom. The molecule has 0 aliphatic rings. The molecule has 0 bridgehead atoms. The first kappa shape index (κ1) is 15.5. The zero-order valence-electron chi connectivity index (χ0n) is 10.5. The first-order valence-corrected chi connectivity index (χ1v) is 7.12. The summed E-state index contributed by atoms with van der Waals surface area (Å²) in [7, 11) is 0. The maximum absolute atomic E-state index is 11.4. The molecule has 0 aliphatic heterocycles. The van der Waals surface area contributed by atoms with Gasteiger partial charge in [0.25, 0.3) is 0 Å². The van der Waals surface area contributed by atoms with Gasteiger partial charge in [0.1, 0.15) is 6.54 Å². The molecule has 0 saturated heterocycles. The Morgan fingerprint density at radius 1 is 1.32 bits per heavy atom. The highest BCUT2D eigenvalue weighted by Gasteiger charge is 2.13. The van der Waals surface area contributed by atoms with Crippen molar-refractivity contribution in [3.05, 3.63) is 35.9 Å². The second-order valence-corrected chi connectivity index (χ2v) is 5.15. The minimum absolute atomic E-state index is 0.385. The summed E-state index contributed by atoms with van der Waals surface area (Å²) in [5, 5.41) is 10.7. The number of carboxylic acid groups (broad SMARTS) is 1. The summed E-state index contributed by atoms with van der Waals surface area (Å²) in [5.41, 5.74) is 6.90. The maximum atomic E-state index is 11.4. The predicted molar refractivity (Wildman–Crippen MR) is 75.8 cm³/mol. The number of benzene rings is 1. The van der Waals surface area contributed by atoms with Crippen molar-refractivity contribution in [3.63, 3.8) is 0 Å². The van der Waals surface area contributed by atoms with Gasteiger partial charge in [-0.1, -0.05) is 30.3 Å². The summed E-state index contributed by atoms with van der Waals surface area (Å²) >= 11 is 1.70. The average molecular weight is 282 g/mol. The van der Waals surface area contributed by atoms with Crippen LogP contribution in [0.4, 0.5) is 0 Å². The Balaban J connectivity index is 2.14. The minimum atomic E-state index is -1.07. The normalized spacial score (nSPS) is 11.8. The van der Waals surface area contributed by atoms with E-state index >= 15 is 0 Å². The van der Waals surface area contributed by atoms with Crippen LogP contribution in [0.15, 0.2) is 30.3 Å². The maximum Gasteiger partial charge on any atom is 0.322 e. The lowest BCUT2D eigenvalue weighted by molar-refractivity contribution is -0.138. The van der Waals surface area contributed by atoms with E-state index in [-0.39, 0.29) is 6.54 Å². The van der Waals surface area contributed by atoms with Crippen LogP contribution in [-0.4, -0.2) is 35.3 Å². The van der Waals surface area contributed by atoms with E-state index in [1.165, 1.54) is 5.56 Å². The SMILES string of the molecule is N[C@@H](CCSCc1ccccc1)C(=O)NCC(=O)O. The number of carbonyl (C=O) groups excluding carboxylic acids is 1. The summed E-state index contributed by atoms with van der Waals surface area (Å²) in [6.07, 6.45) is 0.531. The molecule has 1 rings (SSSR count). The zero-order valence-corrected chi connectivity index (χ0v) is 11.4. The first-order chi connectivity index (χ1) is 9.09. The molecule has 0 spiro atoms. The van der Waals surface area contributed by atoms with Crippen LogP contribution in [0, 0.1) is 0 Å². The van der Waals surface area contributed by atoms with E-state index in [2.05, 4.69) is 5.32 Å². The number of amides is 1. The minimum Gasteiger partial charge on any atom is -0.480 e. The van der Waals surface area contributed by atoms with Crippen molar-refractivity contribution in [2.45, 2.75) is 18.2 Å². The number of rotatable bonds is 8. The van der Waals surface area contributed by atoms with E-state index in [9.17, 15) is 9.59 Å². The lowest BCUT2D eigenvalue weighted by Crippen LogP contribution is -2.42. The summed E-state index contributed by atoms with van der Waals surface area (Å²) in [4.78, 5) is 21.7. The van der Waals surface area contributed by atoms with E-state index in [4.69, 9.17) is 10.8 Å². The quantitative estimate of drug-likeness (QED) is 0.614. The first-order valence-electron chi connectivity index (χ1n) is 5.96. The number of carboxylic acids is 1. The fourth-order valence-corrected chi connectivity index (χ4v) is 2.39. The Labute approximate surface area is 116 Å². The Kier molecular flexibility index (Phi) is 6.99. The molecule has 19 heavy (non-hydrogen) atoms. The van der Waals surface area contributed by atoms with E-state index in [1.54, 1.807) is 11.8 Å². The number of thioether (sulfide) groups is 1.